The summed E-state index contributed by atoms with van der Waals surface area (Å²) in [4.78, 5) is 3.55. The fourth-order valence-corrected chi connectivity index (χ4v) is 0.517. The Balaban J connectivity index is 2.85. The summed E-state index contributed by atoms with van der Waals surface area (Å²) in [6.07, 6.45) is -0.524. The standard InChI is InChI=1S/C6H6FNO/c7-6(9)5-3-1-2-4-8-5/h1-4,6,9H. The summed E-state index contributed by atoms with van der Waals surface area (Å²) in [6.45, 7) is 0. The van der Waals surface area contributed by atoms with Crippen LogP contribution in [-0.4, -0.2) is 10.1 Å². The number of aliphatic hydroxyl groups is 1. The Labute approximate surface area is 52.0 Å². The Kier molecular flexibility index (Phi) is 1.75. The number of nitrogens with zero attached hydrogens (tertiary/aromatic N) is 1. The van der Waals surface area contributed by atoms with E-state index in [2.05, 4.69) is 4.98 Å². The van der Waals surface area contributed by atoms with Crippen molar-refractivity contribution in [1.82, 2.24) is 4.98 Å². The van der Waals surface area contributed by atoms with Crippen LogP contribution in [0.25, 0.3) is 0 Å². The van der Waals surface area contributed by atoms with Gasteiger partial charge in [0.05, 0.1) is 0 Å². The maximum Gasteiger partial charge on any atom is 0.239 e. The van der Waals surface area contributed by atoms with Crippen molar-refractivity contribution >= 4 is 0 Å². The fourth-order valence-electron chi connectivity index (χ4n) is 0.517. The summed E-state index contributed by atoms with van der Waals surface area (Å²) in [5.74, 6) is 0. The largest absolute Gasteiger partial charge is 0.359 e. The van der Waals surface area contributed by atoms with E-state index >= 15 is 0 Å². The van der Waals surface area contributed by atoms with Crippen molar-refractivity contribution in [2.75, 3.05) is 0 Å². The quantitative estimate of drug-likeness (QED) is 0.611. The van der Waals surface area contributed by atoms with Crippen molar-refractivity contribution in [3.8, 4) is 0 Å². The molecule has 1 aromatic heterocycles. The fraction of sp³-hybridized carbons (Fsp3) is 0.167. The van der Waals surface area contributed by atoms with Gasteiger partial charge in [0.2, 0.25) is 6.36 Å². The van der Waals surface area contributed by atoms with Crippen LogP contribution >= 0.6 is 0 Å². The molecule has 9 heavy (non-hydrogen) atoms. The Morgan fingerprint density at radius 2 is 2.33 bits per heavy atom. The average Bonchev–Trinajstić information content (AvgIpc) is 1.90. The summed E-state index contributed by atoms with van der Waals surface area (Å²) in [7, 11) is 0. The molecule has 0 saturated carbocycles. The number of hydrogen-bond acceptors (Lipinski definition) is 2. The zero-order valence-corrected chi connectivity index (χ0v) is 4.66. The highest BCUT2D eigenvalue weighted by Gasteiger charge is 2.02. The molecule has 0 amide bonds. The van der Waals surface area contributed by atoms with Gasteiger partial charge in [0, 0.05) is 6.20 Å². The van der Waals surface area contributed by atoms with Gasteiger partial charge in [0.1, 0.15) is 5.69 Å². The first kappa shape index (κ1) is 6.16. The maximum absolute atomic E-state index is 11.9. The van der Waals surface area contributed by atoms with Gasteiger partial charge in [-0.25, -0.2) is 4.39 Å². The minimum atomic E-state index is -1.95. The van der Waals surface area contributed by atoms with E-state index in [-0.39, 0.29) is 5.69 Å². The zero-order chi connectivity index (χ0) is 6.69. The lowest BCUT2D eigenvalue weighted by Gasteiger charge is -1.95. The molecule has 2 nitrogen and oxygen atoms in total. The Bertz CT molecular complexity index is 176. The normalized spacial score (nSPS) is 13.1. The highest BCUT2D eigenvalue weighted by atomic mass is 19.1. The van der Waals surface area contributed by atoms with Crippen LogP contribution < -0.4 is 0 Å². The van der Waals surface area contributed by atoms with Crippen molar-refractivity contribution < 1.29 is 9.50 Å². The molecule has 0 aliphatic carbocycles. The van der Waals surface area contributed by atoms with Crippen LogP contribution in [0.4, 0.5) is 4.39 Å². The van der Waals surface area contributed by atoms with Crippen LogP contribution in [0.5, 0.6) is 0 Å². The molecule has 1 atom stereocenters. The van der Waals surface area contributed by atoms with Crippen molar-refractivity contribution in [2.24, 2.45) is 0 Å². The Morgan fingerprint density at radius 3 is 2.67 bits per heavy atom. The first-order valence-electron chi connectivity index (χ1n) is 2.54. The number of pyridine rings is 1. The molecular formula is C6H6FNO. The lowest BCUT2D eigenvalue weighted by Crippen LogP contribution is -1.90. The third kappa shape index (κ3) is 1.47. The highest BCUT2D eigenvalue weighted by Crippen LogP contribution is 2.07. The maximum atomic E-state index is 11.9. The summed E-state index contributed by atoms with van der Waals surface area (Å²) >= 11 is 0. The van der Waals surface area contributed by atoms with Crippen LogP contribution in [0.3, 0.4) is 0 Å². The van der Waals surface area contributed by atoms with Crippen LogP contribution in [-0.2, 0) is 0 Å². The average molecular weight is 127 g/mol. The molecule has 0 aliphatic rings. The number of halogens is 1. The molecule has 1 rings (SSSR count). The first-order chi connectivity index (χ1) is 4.30. The van der Waals surface area contributed by atoms with Crippen LogP contribution in [0.15, 0.2) is 24.4 Å². The van der Waals surface area contributed by atoms with E-state index < -0.39 is 6.36 Å². The van der Waals surface area contributed by atoms with Crippen LogP contribution in [0.1, 0.15) is 12.1 Å². The second-order valence-electron chi connectivity index (χ2n) is 1.59. The van der Waals surface area contributed by atoms with Crippen LogP contribution in [0.2, 0.25) is 0 Å². The Hall–Kier alpha value is -0.960. The van der Waals surface area contributed by atoms with Gasteiger partial charge in [-0.2, -0.15) is 0 Å². The van der Waals surface area contributed by atoms with E-state index in [4.69, 9.17) is 5.11 Å². The minimum Gasteiger partial charge on any atom is -0.359 e. The zero-order valence-electron chi connectivity index (χ0n) is 4.66. The second kappa shape index (κ2) is 2.55. The minimum absolute atomic E-state index is 0.0532. The lowest BCUT2D eigenvalue weighted by molar-refractivity contribution is 0.0371. The monoisotopic (exact) mass is 127 g/mol. The van der Waals surface area contributed by atoms with E-state index in [1.165, 1.54) is 12.3 Å². The molecule has 1 unspecified atom stereocenters. The lowest BCUT2D eigenvalue weighted by atomic mass is 10.4. The third-order valence-corrected chi connectivity index (χ3v) is 0.932. The van der Waals surface area contributed by atoms with Crippen molar-refractivity contribution in [1.29, 1.82) is 0 Å². The van der Waals surface area contributed by atoms with Gasteiger partial charge in [0.15, 0.2) is 0 Å². The van der Waals surface area contributed by atoms with Gasteiger partial charge in [-0.1, -0.05) is 6.07 Å². The van der Waals surface area contributed by atoms with Gasteiger partial charge >= 0.3 is 0 Å². The molecule has 0 radical (unpaired) electrons. The Morgan fingerprint density at radius 1 is 1.56 bits per heavy atom. The molecule has 1 N–H and O–H groups in total. The predicted molar refractivity (Wildman–Crippen MR) is 30.3 cm³/mol. The van der Waals surface area contributed by atoms with Gasteiger partial charge < -0.3 is 5.11 Å². The molecule has 1 heterocycles. The van der Waals surface area contributed by atoms with Gasteiger partial charge in [-0.15, -0.1) is 0 Å². The van der Waals surface area contributed by atoms with E-state index in [0.29, 0.717) is 0 Å². The number of aromatic nitrogens is 1. The number of aliphatic hydroxyl groups excluding tert-OH is 1. The van der Waals surface area contributed by atoms with Gasteiger partial charge in [-0.3, -0.25) is 4.98 Å². The molecule has 0 fully saturated rings. The SMILES string of the molecule is OC(F)c1ccccn1. The van der Waals surface area contributed by atoms with E-state index in [1.54, 1.807) is 12.1 Å². The molecule has 0 aromatic carbocycles. The summed E-state index contributed by atoms with van der Waals surface area (Å²) in [5, 5.41) is 8.29. The molecule has 1 aromatic rings. The summed E-state index contributed by atoms with van der Waals surface area (Å²) in [6, 6.07) is 4.70. The highest BCUT2D eigenvalue weighted by molar-refractivity contribution is 5.03. The van der Waals surface area contributed by atoms with Crippen molar-refractivity contribution in [2.45, 2.75) is 6.36 Å². The van der Waals surface area contributed by atoms with E-state index in [9.17, 15) is 4.39 Å². The summed E-state index contributed by atoms with van der Waals surface area (Å²) < 4.78 is 11.9. The van der Waals surface area contributed by atoms with Gasteiger partial charge in [-0.05, 0) is 12.1 Å². The predicted octanol–water partition coefficient (Wildman–Crippen LogP) is 1.04. The topological polar surface area (TPSA) is 33.1 Å². The number of alkyl halides is 1. The number of rotatable bonds is 1. The summed E-state index contributed by atoms with van der Waals surface area (Å²) in [5.41, 5.74) is 0.0532. The first-order valence-corrected chi connectivity index (χ1v) is 2.54. The second-order valence-corrected chi connectivity index (χ2v) is 1.59. The smallest absolute Gasteiger partial charge is 0.239 e. The van der Waals surface area contributed by atoms with Gasteiger partial charge in [0.25, 0.3) is 0 Å². The molecule has 0 aliphatic heterocycles. The molecule has 0 spiro atoms. The van der Waals surface area contributed by atoms with E-state index in [0.717, 1.165) is 0 Å². The molecule has 0 saturated heterocycles. The van der Waals surface area contributed by atoms with Crippen molar-refractivity contribution in [3.05, 3.63) is 30.1 Å². The van der Waals surface area contributed by atoms with Crippen LogP contribution in [0, 0.1) is 0 Å². The van der Waals surface area contributed by atoms with Crippen molar-refractivity contribution in [3.63, 3.8) is 0 Å². The molecule has 3 heteroatoms. The molecule has 0 bridgehead atoms. The molecule has 48 valence electrons. The third-order valence-electron chi connectivity index (χ3n) is 0.932. The number of hydrogen-bond donors (Lipinski definition) is 1. The van der Waals surface area contributed by atoms with E-state index in [1.807, 2.05) is 0 Å². The molecular weight excluding hydrogens is 121 g/mol.